The summed E-state index contributed by atoms with van der Waals surface area (Å²) in [5.41, 5.74) is 7.16. The van der Waals surface area contributed by atoms with Crippen LogP contribution < -0.4 is 5.73 Å². The highest BCUT2D eigenvalue weighted by molar-refractivity contribution is 9.10. The molecule has 1 aromatic carbocycles. The maximum atomic E-state index is 6.37. The predicted octanol–water partition coefficient (Wildman–Crippen LogP) is 4.86. The number of hydrogen-bond donors (Lipinski definition) is 1. The Hall–Kier alpha value is -0.0900. The summed E-state index contributed by atoms with van der Waals surface area (Å²) in [6.07, 6.45) is 2.41. The molecular formula is C16H26BrClN2. The molecule has 1 aromatic rings. The zero-order valence-corrected chi connectivity index (χ0v) is 15.0. The van der Waals surface area contributed by atoms with Crippen molar-refractivity contribution in [3.63, 3.8) is 0 Å². The van der Waals surface area contributed by atoms with E-state index in [1.165, 1.54) is 12.8 Å². The lowest BCUT2D eigenvalue weighted by Gasteiger charge is -2.33. The second-order valence-electron chi connectivity index (χ2n) is 5.19. The molecule has 2 nitrogen and oxygen atoms in total. The standard InChI is InChI=1S/C16H26BrClN2/c1-4-12(5-2)11-20(6-3)16(10-19)14-9-13(17)7-8-15(14)18/h7-9,12,16H,4-6,10-11,19H2,1-3H3. The van der Waals surface area contributed by atoms with Crippen LogP contribution in [0.25, 0.3) is 0 Å². The molecule has 0 heterocycles. The van der Waals surface area contributed by atoms with Crippen LogP contribution in [0.3, 0.4) is 0 Å². The smallest absolute Gasteiger partial charge is 0.0485 e. The molecule has 0 aliphatic heterocycles. The van der Waals surface area contributed by atoms with Crippen LogP contribution in [-0.4, -0.2) is 24.5 Å². The van der Waals surface area contributed by atoms with Gasteiger partial charge in [0.25, 0.3) is 0 Å². The molecule has 0 aliphatic carbocycles. The third-order valence-electron chi connectivity index (χ3n) is 4.03. The zero-order chi connectivity index (χ0) is 15.1. The summed E-state index contributed by atoms with van der Waals surface area (Å²) in [4.78, 5) is 2.45. The fraction of sp³-hybridized carbons (Fsp3) is 0.625. The van der Waals surface area contributed by atoms with Gasteiger partial charge in [0.1, 0.15) is 0 Å². The summed E-state index contributed by atoms with van der Waals surface area (Å²) in [6, 6.07) is 6.19. The van der Waals surface area contributed by atoms with Crippen LogP contribution in [-0.2, 0) is 0 Å². The molecular weight excluding hydrogens is 336 g/mol. The van der Waals surface area contributed by atoms with E-state index in [2.05, 4.69) is 47.7 Å². The van der Waals surface area contributed by atoms with Gasteiger partial charge < -0.3 is 5.73 Å². The molecule has 0 spiro atoms. The Morgan fingerprint density at radius 2 is 1.90 bits per heavy atom. The molecule has 0 aromatic heterocycles. The lowest BCUT2D eigenvalue weighted by molar-refractivity contribution is 0.174. The summed E-state index contributed by atoms with van der Waals surface area (Å²) in [6.45, 7) is 9.35. The van der Waals surface area contributed by atoms with E-state index in [9.17, 15) is 0 Å². The lowest BCUT2D eigenvalue weighted by atomic mass is 9.99. The normalized spacial score (nSPS) is 13.2. The number of benzene rings is 1. The highest BCUT2D eigenvalue weighted by atomic mass is 79.9. The average Bonchev–Trinajstić information content (AvgIpc) is 2.46. The van der Waals surface area contributed by atoms with Crippen molar-refractivity contribution in [2.24, 2.45) is 11.7 Å². The predicted molar refractivity (Wildman–Crippen MR) is 92.3 cm³/mol. The maximum Gasteiger partial charge on any atom is 0.0485 e. The second-order valence-corrected chi connectivity index (χ2v) is 6.51. The highest BCUT2D eigenvalue weighted by Crippen LogP contribution is 2.30. The molecule has 0 fully saturated rings. The van der Waals surface area contributed by atoms with Crippen LogP contribution >= 0.6 is 27.5 Å². The van der Waals surface area contributed by atoms with E-state index in [0.29, 0.717) is 6.54 Å². The van der Waals surface area contributed by atoms with E-state index in [4.69, 9.17) is 17.3 Å². The van der Waals surface area contributed by atoms with E-state index in [-0.39, 0.29) is 6.04 Å². The summed E-state index contributed by atoms with van der Waals surface area (Å²) in [5, 5.41) is 0.798. The molecule has 1 rings (SSSR count). The molecule has 0 aliphatic rings. The van der Waals surface area contributed by atoms with Crippen molar-refractivity contribution in [1.29, 1.82) is 0 Å². The number of halogens is 2. The van der Waals surface area contributed by atoms with Crippen LogP contribution in [0.2, 0.25) is 5.02 Å². The summed E-state index contributed by atoms with van der Waals surface area (Å²) >= 11 is 9.90. The van der Waals surface area contributed by atoms with Crippen molar-refractivity contribution in [3.8, 4) is 0 Å². The molecule has 1 atom stereocenters. The van der Waals surface area contributed by atoms with Gasteiger partial charge in [-0.05, 0) is 36.2 Å². The molecule has 2 N–H and O–H groups in total. The first-order valence-corrected chi connectivity index (χ1v) is 8.63. The minimum Gasteiger partial charge on any atom is -0.329 e. The zero-order valence-electron chi connectivity index (χ0n) is 12.7. The van der Waals surface area contributed by atoms with Crippen molar-refractivity contribution in [2.45, 2.75) is 39.7 Å². The number of rotatable bonds is 8. The van der Waals surface area contributed by atoms with Crippen LogP contribution in [0.15, 0.2) is 22.7 Å². The van der Waals surface area contributed by atoms with Gasteiger partial charge in [0.15, 0.2) is 0 Å². The van der Waals surface area contributed by atoms with E-state index < -0.39 is 0 Å². The van der Waals surface area contributed by atoms with Crippen molar-refractivity contribution in [2.75, 3.05) is 19.6 Å². The molecule has 0 saturated carbocycles. The van der Waals surface area contributed by atoms with E-state index in [1.807, 2.05) is 12.1 Å². The van der Waals surface area contributed by atoms with Gasteiger partial charge in [-0.3, -0.25) is 4.90 Å². The summed E-state index contributed by atoms with van der Waals surface area (Å²) in [5.74, 6) is 0.718. The first-order valence-electron chi connectivity index (χ1n) is 7.46. The molecule has 20 heavy (non-hydrogen) atoms. The Kier molecular flexibility index (Phi) is 8.11. The number of nitrogens with zero attached hydrogens (tertiary/aromatic N) is 1. The lowest BCUT2D eigenvalue weighted by Crippen LogP contribution is -2.37. The Balaban J connectivity index is 2.99. The fourth-order valence-corrected chi connectivity index (χ4v) is 3.22. The van der Waals surface area contributed by atoms with Crippen molar-refractivity contribution in [1.82, 2.24) is 4.90 Å². The van der Waals surface area contributed by atoms with Crippen molar-refractivity contribution < 1.29 is 0 Å². The van der Waals surface area contributed by atoms with Crippen LogP contribution in [0.5, 0.6) is 0 Å². The number of hydrogen-bond acceptors (Lipinski definition) is 2. The van der Waals surface area contributed by atoms with E-state index in [0.717, 1.165) is 34.1 Å². The fourth-order valence-electron chi connectivity index (χ4n) is 2.60. The highest BCUT2D eigenvalue weighted by Gasteiger charge is 2.22. The third-order valence-corrected chi connectivity index (χ3v) is 4.87. The topological polar surface area (TPSA) is 29.3 Å². The average molecular weight is 362 g/mol. The second kappa shape index (κ2) is 9.04. The maximum absolute atomic E-state index is 6.37. The third kappa shape index (κ3) is 4.73. The van der Waals surface area contributed by atoms with Gasteiger partial charge >= 0.3 is 0 Å². The largest absolute Gasteiger partial charge is 0.329 e. The molecule has 0 bridgehead atoms. The van der Waals surface area contributed by atoms with Gasteiger partial charge in [0, 0.05) is 28.6 Å². The van der Waals surface area contributed by atoms with Gasteiger partial charge in [-0.1, -0.05) is 61.1 Å². The first kappa shape index (κ1) is 18.0. The SMILES string of the molecule is CCC(CC)CN(CC)C(CN)c1cc(Br)ccc1Cl. The number of nitrogens with two attached hydrogens (primary N) is 1. The van der Waals surface area contributed by atoms with Crippen LogP contribution in [0.1, 0.15) is 45.2 Å². The monoisotopic (exact) mass is 360 g/mol. The van der Waals surface area contributed by atoms with Gasteiger partial charge in [0.05, 0.1) is 0 Å². The van der Waals surface area contributed by atoms with Crippen LogP contribution in [0, 0.1) is 5.92 Å². The minimum atomic E-state index is 0.186. The van der Waals surface area contributed by atoms with Crippen molar-refractivity contribution in [3.05, 3.63) is 33.3 Å². The molecule has 4 heteroatoms. The quantitative estimate of drug-likeness (QED) is 0.716. The van der Waals surface area contributed by atoms with E-state index >= 15 is 0 Å². The Morgan fingerprint density at radius 3 is 2.40 bits per heavy atom. The Labute approximate surface area is 136 Å². The Morgan fingerprint density at radius 1 is 1.25 bits per heavy atom. The first-order chi connectivity index (χ1) is 9.57. The van der Waals surface area contributed by atoms with Gasteiger partial charge in [-0.15, -0.1) is 0 Å². The van der Waals surface area contributed by atoms with E-state index in [1.54, 1.807) is 0 Å². The van der Waals surface area contributed by atoms with Gasteiger partial charge in [0.2, 0.25) is 0 Å². The van der Waals surface area contributed by atoms with Gasteiger partial charge in [-0.25, -0.2) is 0 Å². The van der Waals surface area contributed by atoms with Crippen LogP contribution in [0.4, 0.5) is 0 Å². The summed E-state index contributed by atoms with van der Waals surface area (Å²) < 4.78 is 1.05. The van der Waals surface area contributed by atoms with Crippen molar-refractivity contribution >= 4 is 27.5 Å². The van der Waals surface area contributed by atoms with Gasteiger partial charge in [-0.2, -0.15) is 0 Å². The Bertz CT molecular complexity index is 407. The molecule has 114 valence electrons. The molecule has 1 unspecified atom stereocenters. The summed E-state index contributed by atoms with van der Waals surface area (Å²) in [7, 11) is 0. The molecule has 0 amide bonds. The molecule has 0 saturated heterocycles. The number of likely N-dealkylation sites (N-methyl/N-ethyl adjacent to an activating group) is 1. The minimum absolute atomic E-state index is 0.186. The molecule has 0 radical (unpaired) electrons.